The Kier molecular flexibility index (Phi) is 3.45. The van der Waals surface area contributed by atoms with Crippen molar-refractivity contribution in [2.45, 2.75) is 25.9 Å². The molecule has 0 aromatic rings. The van der Waals surface area contributed by atoms with E-state index in [1.807, 2.05) is 26.0 Å². The molecule has 0 N–H and O–H groups in total. The Hall–Kier alpha value is -1.18. The summed E-state index contributed by atoms with van der Waals surface area (Å²) in [5.74, 6) is 0. The summed E-state index contributed by atoms with van der Waals surface area (Å²) in [5, 5.41) is 0. The lowest BCUT2D eigenvalue weighted by Gasteiger charge is -1.99. The number of nitrogens with zero attached hydrogens (tertiary/aromatic N) is 2. The van der Waals surface area contributed by atoms with Gasteiger partial charge in [-0.15, -0.1) is 0 Å². The number of allylic oxidation sites excluding steroid dienone is 2. The SMILES string of the molecule is CC1/C=C\C=C/C(C)/N=C\C=N/1. The van der Waals surface area contributed by atoms with Crippen molar-refractivity contribution < 1.29 is 0 Å². The number of aliphatic imine (C=N–C) groups is 2. The Morgan fingerprint density at radius 3 is 1.67 bits per heavy atom. The molecule has 1 aliphatic heterocycles. The van der Waals surface area contributed by atoms with E-state index < -0.39 is 0 Å². The van der Waals surface area contributed by atoms with Crippen molar-refractivity contribution in [3.63, 3.8) is 0 Å². The Morgan fingerprint density at radius 2 is 1.25 bits per heavy atom. The zero-order chi connectivity index (χ0) is 8.81. The fraction of sp³-hybridized carbons (Fsp3) is 0.400. The molecule has 0 spiro atoms. The van der Waals surface area contributed by atoms with Gasteiger partial charge >= 0.3 is 0 Å². The predicted molar refractivity (Wildman–Crippen MR) is 54.2 cm³/mol. The zero-order valence-electron chi connectivity index (χ0n) is 7.51. The molecule has 0 aliphatic carbocycles. The zero-order valence-corrected chi connectivity index (χ0v) is 7.51. The lowest BCUT2D eigenvalue weighted by molar-refractivity contribution is 0.920. The van der Waals surface area contributed by atoms with Gasteiger partial charge in [-0.1, -0.05) is 24.3 Å². The van der Waals surface area contributed by atoms with Gasteiger partial charge in [0.2, 0.25) is 0 Å². The first-order valence-corrected chi connectivity index (χ1v) is 4.19. The summed E-state index contributed by atoms with van der Waals surface area (Å²) in [4.78, 5) is 8.45. The standard InChI is InChI=1S/C10H14N2/c1-9-5-3-4-6-10(2)12-8-7-11-9/h3-10H,1-2H3/b5-3-,6-4-,11-7-,12-8-. The number of rotatable bonds is 0. The summed E-state index contributed by atoms with van der Waals surface area (Å²) in [7, 11) is 0. The van der Waals surface area contributed by atoms with Gasteiger partial charge < -0.3 is 0 Å². The van der Waals surface area contributed by atoms with Crippen LogP contribution in [0.5, 0.6) is 0 Å². The summed E-state index contributed by atoms with van der Waals surface area (Å²) in [6.07, 6.45) is 11.6. The van der Waals surface area contributed by atoms with E-state index in [4.69, 9.17) is 0 Å². The molecule has 1 aliphatic rings. The Labute approximate surface area is 73.4 Å². The van der Waals surface area contributed by atoms with E-state index >= 15 is 0 Å². The van der Waals surface area contributed by atoms with Crippen LogP contribution in [-0.2, 0) is 0 Å². The van der Waals surface area contributed by atoms with Gasteiger partial charge in [-0.2, -0.15) is 0 Å². The van der Waals surface area contributed by atoms with Crippen LogP contribution in [0.15, 0.2) is 34.3 Å². The van der Waals surface area contributed by atoms with Crippen LogP contribution in [0.2, 0.25) is 0 Å². The summed E-state index contributed by atoms with van der Waals surface area (Å²) in [5.41, 5.74) is 0. The van der Waals surface area contributed by atoms with Gasteiger partial charge in [0.15, 0.2) is 0 Å². The molecular formula is C10H14N2. The third kappa shape index (κ3) is 3.28. The summed E-state index contributed by atoms with van der Waals surface area (Å²) < 4.78 is 0. The molecule has 0 amide bonds. The molecular weight excluding hydrogens is 148 g/mol. The summed E-state index contributed by atoms with van der Waals surface area (Å²) >= 11 is 0. The topological polar surface area (TPSA) is 24.7 Å². The van der Waals surface area contributed by atoms with Crippen molar-refractivity contribution in [2.24, 2.45) is 9.98 Å². The van der Waals surface area contributed by atoms with E-state index in [-0.39, 0.29) is 12.1 Å². The lowest BCUT2D eigenvalue weighted by atomic mass is 10.2. The average Bonchev–Trinajstić information content (AvgIpc) is 2.06. The van der Waals surface area contributed by atoms with Gasteiger partial charge in [0.1, 0.15) is 0 Å². The van der Waals surface area contributed by atoms with Crippen molar-refractivity contribution in [3.05, 3.63) is 24.3 Å². The van der Waals surface area contributed by atoms with Crippen LogP contribution in [0.1, 0.15) is 13.8 Å². The summed E-state index contributed by atoms with van der Waals surface area (Å²) in [6, 6.07) is 0.490. The fourth-order valence-corrected chi connectivity index (χ4v) is 0.898. The summed E-state index contributed by atoms with van der Waals surface area (Å²) in [6.45, 7) is 4.08. The van der Waals surface area contributed by atoms with E-state index in [0.29, 0.717) is 0 Å². The van der Waals surface area contributed by atoms with Crippen LogP contribution >= 0.6 is 0 Å². The molecule has 2 nitrogen and oxygen atoms in total. The third-order valence-electron chi connectivity index (χ3n) is 1.60. The molecule has 0 saturated carbocycles. The molecule has 2 heteroatoms. The molecule has 0 fully saturated rings. The highest BCUT2D eigenvalue weighted by molar-refractivity contribution is 6.16. The maximum atomic E-state index is 4.22. The number of hydrogen-bond donors (Lipinski definition) is 0. The fourth-order valence-electron chi connectivity index (χ4n) is 0.898. The molecule has 1 heterocycles. The maximum absolute atomic E-state index is 4.22. The van der Waals surface area contributed by atoms with Gasteiger partial charge in [0, 0.05) is 12.4 Å². The molecule has 12 heavy (non-hydrogen) atoms. The second-order valence-electron chi connectivity index (χ2n) is 2.85. The third-order valence-corrected chi connectivity index (χ3v) is 1.60. The van der Waals surface area contributed by atoms with Gasteiger partial charge in [0.25, 0.3) is 0 Å². The molecule has 2 unspecified atom stereocenters. The van der Waals surface area contributed by atoms with Crippen molar-refractivity contribution in [1.29, 1.82) is 0 Å². The predicted octanol–water partition coefficient (Wildman–Crippen LogP) is 2.03. The van der Waals surface area contributed by atoms with Gasteiger partial charge in [-0.25, -0.2) is 0 Å². The molecule has 0 radical (unpaired) electrons. The quantitative estimate of drug-likeness (QED) is 0.520. The number of hydrogen-bond acceptors (Lipinski definition) is 2. The molecule has 0 saturated heterocycles. The first kappa shape index (κ1) is 8.91. The minimum absolute atomic E-state index is 0.245. The first-order chi connectivity index (χ1) is 5.79. The van der Waals surface area contributed by atoms with Crippen LogP contribution in [0.25, 0.3) is 0 Å². The molecule has 0 aromatic carbocycles. The van der Waals surface area contributed by atoms with Crippen molar-refractivity contribution in [1.82, 2.24) is 0 Å². The average molecular weight is 162 g/mol. The smallest absolute Gasteiger partial charge is 0.0655 e. The second-order valence-corrected chi connectivity index (χ2v) is 2.85. The highest BCUT2D eigenvalue weighted by atomic mass is 14.8. The van der Waals surface area contributed by atoms with Gasteiger partial charge in [-0.3, -0.25) is 9.98 Å². The van der Waals surface area contributed by atoms with Gasteiger partial charge in [-0.05, 0) is 13.8 Å². The van der Waals surface area contributed by atoms with E-state index in [2.05, 4.69) is 22.1 Å². The monoisotopic (exact) mass is 162 g/mol. The van der Waals surface area contributed by atoms with Crippen LogP contribution in [0, 0.1) is 0 Å². The second kappa shape index (κ2) is 4.65. The minimum atomic E-state index is 0.245. The van der Waals surface area contributed by atoms with E-state index in [0.717, 1.165) is 0 Å². The van der Waals surface area contributed by atoms with E-state index in [1.54, 1.807) is 12.4 Å². The molecule has 0 bridgehead atoms. The Balaban J connectivity index is 2.70. The van der Waals surface area contributed by atoms with Crippen molar-refractivity contribution >= 4 is 12.4 Å². The van der Waals surface area contributed by atoms with Crippen molar-refractivity contribution in [2.75, 3.05) is 0 Å². The lowest BCUT2D eigenvalue weighted by Crippen LogP contribution is -1.97. The Morgan fingerprint density at radius 1 is 0.833 bits per heavy atom. The van der Waals surface area contributed by atoms with Crippen molar-refractivity contribution in [3.8, 4) is 0 Å². The van der Waals surface area contributed by atoms with Crippen LogP contribution in [0.3, 0.4) is 0 Å². The highest BCUT2D eigenvalue weighted by Gasteiger charge is 1.91. The highest BCUT2D eigenvalue weighted by Crippen LogP contribution is 1.96. The molecule has 2 atom stereocenters. The van der Waals surface area contributed by atoms with E-state index in [9.17, 15) is 0 Å². The maximum Gasteiger partial charge on any atom is 0.0655 e. The van der Waals surface area contributed by atoms with Gasteiger partial charge in [0.05, 0.1) is 12.1 Å². The Bertz CT molecular complexity index is 186. The molecule has 1 rings (SSSR count). The largest absolute Gasteiger partial charge is 0.284 e. The van der Waals surface area contributed by atoms with E-state index in [1.165, 1.54) is 0 Å². The van der Waals surface area contributed by atoms with Crippen LogP contribution in [-0.4, -0.2) is 24.5 Å². The minimum Gasteiger partial charge on any atom is -0.284 e. The molecule has 64 valence electrons. The van der Waals surface area contributed by atoms with Crippen LogP contribution < -0.4 is 0 Å². The normalized spacial score (nSPS) is 39.8. The molecule has 0 aromatic heterocycles. The van der Waals surface area contributed by atoms with Crippen LogP contribution in [0.4, 0.5) is 0 Å². The first-order valence-electron chi connectivity index (χ1n) is 4.19.